The summed E-state index contributed by atoms with van der Waals surface area (Å²) in [7, 11) is 0. The molecule has 0 N–H and O–H groups in total. The Labute approximate surface area is 107 Å². The third kappa shape index (κ3) is 3.68. The molecule has 0 aromatic heterocycles. The summed E-state index contributed by atoms with van der Waals surface area (Å²) in [5.41, 5.74) is -0.727. The summed E-state index contributed by atoms with van der Waals surface area (Å²) >= 11 is 0. The predicted molar refractivity (Wildman–Crippen MR) is 46.6 cm³/mol. The van der Waals surface area contributed by atoms with E-state index in [-0.39, 0.29) is 51.5 Å². The van der Waals surface area contributed by atoms with Gasteiger partial charge in [0, 0.05) is 11.1 Å². The Hall–Kier alpha value is -0.541. The standard InChI is InChI=1S/C8H6O4.Al.Mg/c9-7(10)5-3-1-2-4-6(5)8(11)12;;/h1-4H,(H,9,10)(H,11,12);;/q;+3;+2/p-2. The molecule has 62 valence electrons. The Balaban J connectivity index is 0. The largest absolute Gasteiger partial charge is 3.00 e. The minimum Gasteiger partial charge on any atom is -0.545 e. The van der Waals surface area contributed by atoms with E-state index in [9.17, 15) is 19.8 Å². The first-order valence-electron chi connectivity index (χ1n) is 3.14. The molecule has 0 atom stereocenters. The summed E-state index contributed by atoms with van der Waals surface area (Å²) in [6.45, 7) is 0. The number of carbonyl (C=O) groups excluding carboxylic acids is 2. The quantitative estimate of drug-likeness (QED) is 0.518. The van der Waals surface area contributed by atoms with Crippen LogP contribution >= 0.6 is 0 Å². The van der Waals surface area contributed by atoms with Gasteiger partial charge in [-0.15, -0.1) is 0 Å². The molecule has 0 radical (unpaired) electrons. The Bertz CT molecular complexity index is 307. The number of carboxylic acid groups (broad SMARTS) is 2. The molecule has 0 fully saturated rings. The van der Waals surface area contributed by atoms with Crippen LogP contribution in [0.3, 0.4) is 0 Å². The Morgan fingerprint density at radius 2 is 1.21 bits per heavy atom. The van der Waals surface area contributed by atoms with E-state index in [0.717, 1.165) is 12.1 Å². The summed E-state index contributed by atoms with van der Waals surface area (Å²) in [6, 6.07) is 5.14. The van der Waals surface area contributed by atoms with Crippen molar-refractivity contribution in [2.24, 2.45) is 0 Å². The van der Waals surface area contributed by atoms with Crippen LogP contribution in [0, 0.1) is 0 Å². The molecular formula is C8H4AlMgO4+3. The molecule has 0 unspecified atom stereocenters. The van der Waals surface area contributed by atoms with Crippen LogP contribution < -0.4 is 10.2 Å². The van der Waals surface area contributed by atoms with Gasteiger partial charge in [-0.3, -0.25) is 0 Å². The van der Waals surface area contributed by atoms with E-state index in [1.165, 1.54) is 12.1 Å². The third-order valence-corrected chi connectivity index (χ3v) is 1.37. The zero-order valence-corrected chi connectivity index (χ0v) is 9.80. The van der Waals surface area contributed by atoms with E-state index in [1.807, 2.05) is 0 Å². The molecule has 0 aliphatic carbocycles. The van der Waals surface area contributed by atoms with E-state index in [2.05, 4.69) is 0 Å². The number of rotatable bonds is 2. The van der Waals surface area contributed by atoms with Crippen molar-refractivity contribution in [1.29, 1.82) is 0 Å². The molecule has 0 saturated carbocycles. The van der Waals surface area contributed by atoms with Crippen molar-refractivity contribution in [3.63, 3.8) is 0 Å². The first-order chi connectivity index (χ1) is 5.63. The van der Waals surface area contributed by atoms with Crippen molar-refractivity contribution in [3.8, 4) is 0 Å². The molecule has 1 aromatic rings. The van der Waals surface area contributed by atoms with Gasteiger partial charge in [-0.05, 0) is 0 Å². The van der Waals surface area contributed by atoms with Crippen molar-refractivity contribution >= 4 is 52.4 Å². The Kier molecular flexibility index (Phi) is 7.78. The van der Waals surface area contributed by atoms with Crippen molar-refractivity contribution in [1.82, 2.24) is 0 Å². The summed E-state index contributed by atoms with van der Waals surface area (Å²) in [5.74, 6) is -3.04. The summed E-state index contributed by atoms with van der Waals surface area (Å²) in [4.78, 5) is 20.6. The molecule has 0 aliphatic heterocycles. The maximum Gasteiger partial charge on any atom is 3.00 e. The van der Waals surface area contributed by atoms with Crippen LogP contribution in [0.15, 0.2) is 24.3 Å². The van der Waals surface area contributed by atoms with Crippen LogP contribution in [0.25, 0.3) is 0 Å². The minimum atomic E-state index is -1.52. The average Bonchev–Trinajstić information content (AvgIpc) is 2.04. The molecular weight excluding hydrogens is 211 g/mol. The number of hydrogen-bond acceptors (Lipinski definition) is 4. The van der Waals surface area contributed by atoms with Crippen LogP contribution in [0.1, 0.15) is 20.7 Å². The first kappa shape index (κ1) is 15.9. The zero-order valence-electron chi connectivity index (χ0n) is 7.23. The third-order valence-electron chi connectivity index (χ3n) is 1.37. The van der Waals surface area contributed by atoms with E-state index >= 15 is 0 Å². The minimum absolute atomic E-state index is 0. The number of carbonyl (C=O) groups is 2. The van der Waals surface area contributed by atoms with Gasteiger partial charge in [-0.1, -0.05) is 24.3 Å². The number of benzene rings is 1. The smallest absolute Gasteiger partial charge is 0.545 e. The summed E-state index contributed by atoms with van der Waals surface area (Å²) in [5, 5.41) is 20.6. The molecule has 0 heterocycles. The molecule has 0 saturated heterocycles. The maximum atomic E-state index is 10.3. The normalized spacial score (nSPS) is 8.00. The molecule has 6 heteroatoms. The zero-order chi connectivity index (χ0) is 9.14. The van der Waals surface area contributed by atoms with Gasteiger partial charge in [0.25, 0.3) is 0 Å². The van der Waals surface area contributed by atoms with Crippen molar-refractivity contribution in [3.05, 3.63) is 35.4 Å². The van der Waals surface area contributed by atoms with Gasteiger partial charge in [0.2, 0.25) is 0 Å². The molecule has 14 heavy (non-hydrogen) atoms. The monoisotopic (exact) mass is 215 g/mol. The predicted octanol–water partition coefficient (Wildman–Crippen LogP) is -2.35. The second kappa shape index (κ2) is 6.85. The fourth-order valence-corrected chi connectivity index (χ4v) is 0.839. The van der Waals surface area contributed by atoms with E-state index in [1.54, 1.807) is 0 Å². The van der Waals surface area contributed by atoms with Crippen LogP contribution in [-0.4, -0.2) is 52.4 Å². The maximum absolute atomic E-state index is 10.3. The molecule has 0 bridgehead atoms. The van der Waals surface area contributed by atoms with Gasteiger partial charge in [0.1, 0.15) is 0 Å². The van der Waals surface area contributed by atoms with Crippen molar-refractivity contribution in [2.75, 3.05) is 0 Å². The number of aromatic carboxylic acids is 2. The molecule has 1 aromatic carbocycles. The van der Waals surface area contributed by atoms with Crippen LogP contribution in [0.5, 0.6) is 0 Å². The van der Waals surface area contributed by atoms with Gasteiger partial charge in [0.15, 0.2) is 0 Å². The first-order valence-corrected chi connectivity index (χ1v) is 3.14. The second-order valence-electron chi connectivity index (χ2n) is 2.12. The van der Waals surface area contributed by atoms with Gasteiger partial charge in [0.05, 0.1) is 11.9 Å². The Morgan fingerprint density at radius 3 is 1.43 bits per heavy atom. The molecule has 0 spiro atoms. The Morgan fingerprint density at radius 1 is 0.929 bits per heavy atom. The van der Waals surface area contributed by atoms with Gasteiger partial charge < -0.3 is 19.8 Å². The van der Waals surface area contributed by atoms with Crippen LogP contribution in [0.4, 0.5) is 0 Å². The molecule has 0 aliphatic rings. The van der Waals surface area contributed by atoms with Crippen molar-refractivity contribution in [2.45, 2.75) is 0 Å². The fraction of sp³-hybridized carbons (Fsp3) is 0. The van der Waals surface area contributed by atoms with Gasteiger partial charge in [-0.2, -0.15) is 0 Å². The number of carboxylic acids is 2. The van der Waals surface area contributed by atoms with Crippen LogP contribution in [-0.2, 0) is 0 Å². The summed E-state index contributed by atoms with van der Waals surface area (Å²) < 4.78 is 0. The molecule has 0 amide bonds. The second-order valence-corrected chi connectivity index (χ2v) is 2.12. The van der Waals surface area contributed by atoms with Gasteiger partial charge in [-0.25, -0.2) is 0 Å². The SMILES string of the molecule is O=C([O-])c1ccccc1C(=O)[O-].[Al+3].[Mg+2]. The topological polar surface area (TPSA) is 80.3 Å². The molecule has 1 rings (SSSR count). The molecule has 4 nitrogen and oxygen atoms in total. The number of hydrogen-bond donors (Lipinski definition) is 0. The van der Waals surface area contributed by atoms with Crippen LogP contribution in [0.2, 0.25) is 0 Å². The van der Waals surface area contributed by atoms with Crippen molar-refractivity contribution < 1.29 is 19.8 Å². The van der Waals surface area contributed by atoms with Gasteiger partial charge >= 0.3 is 40.4 Å². The van der Waals surface area contributed by atoms with E-state index in [0.29, 0.717) is 0 Å². The summed E-state index contributed by atoms with van der Waals surface area (Å²) in [6.07, 6.45) is 0. The average molecular weight is 215 g/mol. The fourth-order valence-electron chi connectivity index (χ4n) is 0.839. The van der Waals surface area contributed by atoms with E-state index in [4.69, 9.17) is 0 Å². The van der Waals surface area contributed by atoms with E-state index < -0.39 is 11.9 Å².